The van der Waals surface area contributed by atoms with Gasteiger partial charge in [-0.25, -0.2) is 0 Å². The third-order valence-electron chi connectivity index (χ3n) is 7.52. The van der Waals surface area contributed by atoms with E-state index < -0.39 is 5.97 Å². The molecule has 4 nitrogen and oxygen atoms in total. The number of carbonyl (C=O) groups excluding carboxylic acids is 1. The highest BCUT2D eigenvalue weighted by atomic mass is 79.9. The lowest BCUT2D eigenvalue weighted by Gasteiger charge is -2.62. The standard InChI is InChI=1S/C25H30BrNO3S/c1-25(2)16-11-15(7-5-3-4-6-8-22(28)29)23(20(25)12-16)27-24(30)19-14-31-21-13-17(26)9-10-18(19)21/h3,5,9-10,13-16,20,23H,4,6-8,11-12H2,1-2H3,(H,27,30)(H,28,29)/t15-,16+,20+,23-/m0/s1. The van der Waals surface area contributed by atoms with Crippen molar-refractivity contribution in [2.24, 2.45) is 23.2 Å². The molecule has 4 atom stereocenters. The zero-order chi connectivity index (χ0) is 22.2. The molecule has 0 spiro atoms. The van der Waals surface area contributed by atoms with E-state index in [1.54, 1.807) is 11.3 Å². The Labute approximate surface area is 196 Å². The lowest BCUT2D eigenvalue weighted by molar-refractivity contribution is -0.137. The Balaban J connectivity index is 1.45. The van der Waals surface area contributed by atoms with Gasteiger partial charge in [0.05, 0.1) is 5.56 Å². The predicted molar refractivity (Wildman–Crippen MR) is 130 cm³/mol. The molecule has 3 aliphatic carbocycles. The number of fused-ring (bicyclic) bond motifs is 3. The van der Waals surface area contributed by atoms with E-state index in [4.69, 9.17) is 5.11 Å². The average molecular weight is 504 g/mol. The van der Waals surface area contributed by atoms with E-state index in [2.05, 4.69) is 53.3 Å². The fraction of sp³-hybridized carbons (Fsp3) is 0.520. The van der Waals surface area contributed by atoms with Crippen LogP contribution >= 0.6 is 27.3 Å². The van der Waals surface area contributed by atoms with E-state index in [1.807, 2.05) is 17.5 Å². The molecule has 1 heterocycles. The molecule has 1 amide bonds. The minimum absolute atomic E-state index is 0.0372. The molecule has 31 heavy (non-hydrogen) atoms. The highest BCUT2D eigenvalue weighted by molar-refractivity contribution is 9.10. The molecule has 0 radical (unpaired) electrons. The maximum absolute atomic E-state index is 13.3. The fourth-order valence-electron chi connectivity index (χ4n) is 5.53. The molecule has 3 fully saturated rings. The van der Waals surface area contributed by atoms with Gasteiger partial charge in [0, 0.05) is 32.4 Å². The Hall–Kier alpha value is -1.66. The number of allylic oxidation sites excluding steroid dienone is 2. The van der Waals surface area contributed by atoms with Gasteiger partial charge in [-0.2, -0.15) is 0 Å². The number of hydrogen-bond acceptors (Lipinski definition) is 3. The topological polar surface area (TPSA) is 66.4 Å². The highest BCUT2D eigenvalue weighted by Crippen LogP contribution is 2.61. The molecule has 0 aliphatic heterocycles. The lowest BCUT2D eigenvalue weighted by atomic mass is 9.44. The summed E-state index contributed by atoms with van der Waals surface area (Å²) in [6.07, 6.45) is 9.28. The van der Waals surface area contributed by atoms with Crippen LogP contribution in [-0.4, -0.2) is 23.0 Å². The molecule has 1 aromatic carbocycles. The van der Waals surface area contributed by atoms with E-state index >= 15 is 0 Å². The summed E-state index contributed by atoms with van der Waals surface area (Å²) in [5.41, 5.74) is 1.05. The number of halogens is 1. The molecule has 2 bridgehead atoms. The van der Waals surface area contributed by atoms with Crippen molar-refractivity contribution < 1.29 is 14.7 Å². The Kier molecular flexibility index (Phi) is 6.59. The van der Waals surface area contributed by atoms with E-state index in [0.717, 1.165) is 45.3 Å². The Morgan fingerprint density at radius 1 is 1.29 bits per heavy atom. The van der Waals surface area contributed by atoms with Crippen LogP contribution < -0.4 is 5.32 Å². The number of rotatable bonds is 8. The monoisotopic (exact) mass is 503 g/mol. The maximum Gasteiger partial charge on any atom is 0.303 e. The van der Waals surface area contributed by atoms with Gasteiger partial charge in [-0.3, -0.25) is 9.59 Å². The smallest absolute Gasteiger partial charge is 0.303 e. The normalized spacial score (nSPS) is 26.7. The first-order valence-corrected chi connectivity index (χ1v) is 12.8. The van der Waals surface area contributed by atoms with E-state index in [0.29, 0.717) is 18.3 Å². The third-order valence-corrected chi connectivity index (χ3v) is 8.96. The molecule has 0 saturated heterocycles. The molecule has 1 aromatic heterocycles. The second-order valence-electron chi connectivity index (χ2n) is 9.64. The van der Waals surface area contributed by atoms with Crippen molar-refractivity contribution in [3.05, 3.63) is 45.8 Å². The third kappa shape index (κ3) is 4.61. The molecular weight excluding hydrogens is 474 g/mol. The number of nitrogens with one attached hydrogen (secondary N) is 1. The molecule has 3 saturated carbocycles. The van der Waals surface area contributed by atoms with Gasteiger partial charge >= 0.3 is 5.97 Å². The lowest BCUT2D eigenvalue weighted by Crippen LogP contribution is -2.63. The van der Waals surface area contributed by atoms with Crippen LogP contribution in [0.15, 0.2) is 40.2 Å². The Morgan fingerprint density at radius 3 is 2.84 bits per heavy atom. The van der Waals surface area contributed by atoms with Gasteiger partial charge in [0.1, 0.15) is 0 Å². The minimum atomic E-state index is -0.737. The number of thiophene rings is 1. The van der Waals surface area contributed by atoms with E-state index in [1.165, 1.54) is 6.42 Å². The van der Waals surface area contributed by atoms with Gasteiger partial charge in [0.15, 0.2) is 0 Å². The molecule has 6 heteroatoms. The van der Waals surface area contributed by atoms with Crippen molar-refractivity contribution >= 4 is 49.2 Å². The van der Waals surface area contributed by atoms with Crippen LogP contribution in [0.3, 0.4) is 0 Å². The van der Waals surface area contributed by atoms with Crippen molar-refractivity contribution in [2.45, 2.75) is 58.4 Å². The number of unbranched alkanes of at least 4 members (excludes halogenated alkanes) is 1. The summed E-state index contributed by atoms with van der Waals surface area (Å²) < 4.78 is 2.15. The second kappa shape index (κ2) is 9.07. The molecular formula is C25H30BrNO3S. The van der Waals surface area contributed by atoms with Gasteiger partial charge in [0.2, 0.25) is 0 Å². The zero-order valence-corrected chi connectivity index (χ0v) is 20.5. The summed E-state index contributed by atoms with van der Waals surface area (Å²) in [5, 5.41) is 15.2. The van der Waals surface area contributed by atoms with Crippen molar-refractivity contribution in [3.63, 3.8) is 0 Å². The first-order chi connectivity index (χ1) is 14.8. The maximum atomic E-state index is 13.3. The summed E-state index contributed by atoms with van der Waals surface area (Å²) in [7, 11) is 0. The van der Waals surface area contributed by atoms with Crippen molar-refractivity contribution in [3.8, 4) is 0 Å². The summed E-state index contributed by atoms with van der Waals surface area (Å²) in [6, 6.07) is 6.26. The molecule has 2 N–H and O–H groups in total. The van der Waals surface area contributed by atoms with Crippen LogP contribution in [0.4, 0.5) is 0 Å². The summed E-state index contributed by atoms with van der Waals surface area (Å²) in [6.45, 7) is 4.70. The summed E-state index contributed by atoms with van der Waals surface area (Å²) >= 11 is 5.12. The van der Waals surface area contributed by atoms with Gasteiger partial charge in [-0.1, -0.05) is 48.0 Å². The average Bonchev–Trinajstić information content (AvgIpc) is 3.13. The highest BCUT2D eigenvalue weighted by Gasteiger charge is 2.57. The summed E-state index contributed by atoms with van der Waals surface area (Å²) in [4.78, 5) is 23.9. The number of carboxylic acids is 1. The Morgan fingerprint density at radius 2 is 2.10 bits per heavy atom. The molecule has 5 rings (SSSR count). The number of carboxylic acid groups (broad SMARTS) is 1. The van der Waals surface area contributed by atoms with Crippen LogP contribution in [0.1, 0.15) is 62.7 Å². The summed E-state index contributed by atoms with van der Waals surface area (Å²) in [5.74, 6) is 0.986. The van der Waals surface area contributed by atoms with Gasteiger partial charge < -0.3 is 10.4 Å². The molecule has 3 aliphatic rings. The molecule has 0 unspecified atom stereocenters. The minimum Gasteiger partial charge on any atom is -0.481 e. The van der Waals surface area contributed by atoms with Crippen molar-refractivity contribution in [1.29, 1.82) is 0 Å². The van der Waals surface area contributed by atoms with Crippen molar-refractivity contribution in [1.82, 2.24) is 5.32 Å². The zero-order valence-electron chi connectivity index (χ0n) is 18.1. The fourth-order valence-corrected chi connectivity index (χ4v) is 7.03. The van der Waals surface area contributed by atoms with Gasteiger partial charge in [-0.05, 0) is 67.4 Å². The quantitative estimate of drug-likeness (QED) is 0.313. The van der Waals surface area contributed by atoms with Crippen molar-refractivity contribution in [2.75, 3.05) is 0 Å². The van der Waals surface area contributed by atoms with Gasteiger partial charge in [0.25, 0.3) is 5.91 Å². The molecule has 2 aromatic rings. The molecule has 166 valence electrons. The number of benzene rings is 1. The van der Waals surface area contributed by atoms with Gasteiger partial charge in [-0.15, -0.1) is 11.3 Å². The van der Waals surface area contributed by atoms with E-state index in [9.17, 15) is 9.59 Å². The van der Waals surface area contributed by atoms with E-state index in [-0.39, 0.29) is 23.8 Å². The van der Waals surface area contributed by atoms with Crippen LogP contribution in [0.25, 0.3) is 10.1 Å². The number of amides is 1. The Bertz CT molecular complexity index is 1010. The number of hydrogen-bond donors (Lipinski definition) is 2. The second-order valence-corrected chi connectivity index (χ2v) is 11.5. The largest absolute Gasteiger partial charge is 0.481 e. The predicted octanol–water partition coefficient (Wildman–Crippen LogP) is 6.65. The SMILES string of the molecule is CC1(C)[C@@H]2C[C@H](CC=CCCCC(=O)O)[C@H](NC(=O)c3csc4cc(Br)ccc34)[C@H]1C2. The number of aliphatic carboxylic acids is 1. The van der Waals surface area contributed by atoms with Crippen LogP contribution in [-0.2, 0) is 4.79 Å². The van der Waals surface area contributed by atoms with Crippen LogP contribution in [0.5, 0.6) is 0 Å². The van der Waals surface area contributed by atoms with Crippen LogP contribution in [0, 0.1) is 23.2 Å². The first-order valence-electron chi connectivity index (χ1n) is 11.1. The van der Waals surface area contributed by atoms with Crippen LogP contribution in [0.2, 0.25) is 0 Å². The number of carbonyl (C=O) groups is 2. The first kappa shape index (κ1) is 22.5.